The molecular formula is C23H18F3N3O3S. The minimum Gasteiger partial charge on any atom is -0.443 e. The van der Waals surface area contributed by atoms with E-state index in [1.165, 1.54) is 23.9 Å². The maximum absolute atomic E-state index is 14.8. The molecule has 170 valence electrons. The molecule has 2 aromatic carbocycles. The number of anilines is 1. The van der Waals surface area contributed by atoms with Gasteiger partial charge in [-0.1, -0.05) is 6.07 Å². The Morgan fingerprint density at radius 1 is 1.06 bits per heavy atom. The Morgan fingerprint density at radius 2 is 1.88 bits per heavy atom. The molecule has 0 radical (unpaired) electrons. The molecule has 1 atom stereocenters. The Balaban J connectivity index is 1.51. The second-order valence-electron chi connectivity index (χ2n) is 7.15. The minimum absolute atomic E-state index is 0.0415. The van der Waals surface area contributed by atoms with Crippen molar-refractivity contribution in [3.05, 3.63) is 89.0 Å². The van der Waals surface area contributed by atoms with E-state index < -0.39 is 35.5 Å². The fraction of sp³-hybridized carbons (Fsp3) is 0.174. The van der Waals surface area contributed by atoms with Crippen LogP contribution in [-0.4, -0.2) is 22.7 Å². The van der Waals surface area contributed by atoms with Gasteiger partial charge in [-0.15, -0.1) is 11.8 Å². The number of alkyl carbamates (subject to hydrolysis) is 1. The molecule has 2 N–H and O–H groups in total. The van der Waals surface area contributed by atoms with Crippen molar-refractivity contribution < 1.29 is 27.5 Å². The van der Waals surface area contributed by atoms with Crippen LogP contribution in [0.1, 0.15) is 34.1 Å². The molecule has 1 aliphatic heterocycles. The molecule has 0 fully saturated rings. The van der Waals surface area contributed by atoms with Crippen molar-refractivity contribution in [2.45, 2.75) is 24.0 Å². The first-order valence-electron chi connectivity index (χ1n) is 9.97. The van der Waals surface area contributed by atoms with E-state index in [1.807, 2.05) is 0 Å². The van der Waals surface area contributed by atoms with Gasteiger partial charge in [0, 0.05) is 34.2 Å². The number of benzene rings is 2. The van der Waals surface area contributed by atoms with Crippen molar-refractivity contribution >= 4 is 29.4 Å². The molecule has 10 heteroatoms. The molecule has 6 nitrogen and oxygen atoms in total. The van der Waals surface area contributed by atoms with Crippen molar-refractivity contribution in [3.8, 4) is 0 Å². The lowest BCUT2D eigenvalue weighted by atomic mass is 9.99. The molecule has 1 aliphatic rings. The number of carbonyl (C=O) groups excluding carboxylic acids is 2. The monoisotopic (exact) mass is 473 g/mol. The number of pyridine rings is 1. The molecule has 2 heterocycles. The third-order valence-corrected chi connectivity index (χ3v) is 6.10. The number of hydrogen-bond acceptors (Lipinski definition) is 5. The quantitative estimate of drug-likeness (QED) is 0.532. The maximum Gasteiger partial charge on any atom is 0.408 e. The van der Waals surface area contributed by atoms with Crippen LogP contribution < -0.4 is 10.6 Å². The highest BCUT2D eigenvalue weighted by molar-refractivity contribution is 7.99. The first-order valence-corrected chi connectivity index (χ1v) is 11.0. The number of fused-ring (bicyclic) bond motifs is 1. The number of hydrogen-bond donors (Lipinski definition) is 2. The Kier molecular flexibility index (Phi) is 6.83. The van der Waals surface area contributed by atoms with Crippen LogP contribution in [0.2, 0.25) is 0 Å². The lowest BCUT2D eigenvalue weighted by molar-refractivity contribution is 0.102. The molecule has 0 spiro atoms. The van der Waals surface area contributed by atoms with Crippen molar-refractivity contribution in [3.63, 3.8) is 0 Å². The van der Waals surface area contributed by atoms with Gasteiger partial charge in [0.25, 0.3) is 5.91 Å². The predicted molar refractivity (Wildman–Crippen MR) is 116 cm³/mol. The zero-order valence-corrected chi connectivity index (χ0v) is 17.9. The van der Waals surface area contributed by atoms with E-state index in [9.17, 15) is 22.8 Å². The Morgan fingerprint density at radius 3 is 2.64 bits per heavy atom. The summed E-state index contributed by atoms with van der Waals surface area (Å²) in [5.41, 5.74) is 0.966. The number of rotatable bonds is 5. The van der Waals surface area contributed by atoms with Crippen LogP contribution in [-0.2, 0) is 11.3 Å². The zero-order chi connectivity index (χ0) is 23.4. The molecule has 0 saturated carbocycles. The summed E-state index contributed by atoms with van der Waals surface area (Å²) < 4.78 is 46.5. The van der Waals surface area contributed by atoms with E-state index in [0.29, 0.717) is 22.8 Å². The van der Waals surface area contributed by atoms with E-state index in [0.717, 1.165) is 18.2 Å². The van der Waals surface area contributed by atoms with E-state index in [-0.39, 0.29) is 23.4 Å². The van der Waals surface area contributed by atoms with Crippen LogP contribution in [0.4, 0.5) is 23.7 Å². The molecule has 0 bridgehead atoms. The van der Waals surface area contributed by atoms with Crippen LogP contribution in [0.25, 0.3) is 0 Å². The number of aromatic nitrogens is 1. The number of thioether (sulfide) groups is 1. The first-order chi connectivity index (χ1) is 15.9. The highest BCUT2D eigenvalue weighted by Gasteiger charge is 2.30. The largest absolute Gasteiger partial charge is 0.443 e. The van der Waals surface area contributed by atoms with Crippen molar-refractivity contribution in [2.75, 3.05) is 11.1 Å². The summed E-state index contributed by atoms with van der Waals surface area (Å²) in [6.45, 7) is -0.0415. The van der Waals surface area contributed by atoms with E-state index in [4.69, 9.17) is 4.74 Å². The summed E-state index contributed by atoms with van der Waals surface area (Å²) in [7, 11) is 0. The summed E-state index contributed by atoms with van der Waals surface area (Å²) in [5, 5.41) is 5.14. The van der Waals surface area contributed by atoms with Gasteiger partial charge >= 0.3 is 6.09 Å². The second kappa shape index (κ2) is 9.95. The predicted octanol–water partition coefficient (Wildman–Crippen LogP) is 5.21. The molecule has 0 aliphatic carbocycles. The van der Waals surface area contributed by atoms with Crippen LogP contribution >= 0.6 is 11.8 Å². The summed E-state index contributed by atoms with van der Waals surface area (Å²) in [6.07, 6.45) is 1.27. The van der Waals surface area contributed by atoms with Gasteiger partial charge in [0.2, 0.25) is 0 Å². The number of ether oxygens (including phenoxy) is 1. The smallest absolute Gasteiger partial charge is 0.408 e. The van der Waals surface area contributed by atoms with E-state index >= 15 is 0 Å². The molecule has 3 aromatic rings. The minimum atomic E-state index is -1.10. The van der Waals surface area contributed by atoms with Gasteiger partial charge in [-0.05, 0) is 42.8 Å². The van der Waals surface area contributed by atoms with Gasteiger partial charge in [0.1, 0.15) is 12.4 Å². The van der Waals surface area contributed by atoms with Crippen LogP contribution in [0.5, 0.6) is 0 Å². The highest BCUT2D eigenvalue weighted by Crippen LogP contribution is 2.40. The molecule has 2 amide bonds. The van der Waals surface area contributed by atoms with E-state index in [2.05, 4.69) is 15.6 Å². The normalized spacial score (nSPS) is 14.8. The topological polar surface area (TPSA) is 80.3 Å². The number of nitrogens with one attached hydrogen (secondary N) is 2. The number of halogens is 3. The van der Waals surface area contributed by atoms with Crippen molar-refractivity contribution in [2.24, 2.45) is 0 Å². The van der Waals surface area contributed by atoms with Gasteiger partial charge in [0.05, 0.1) is 17.3 Å². The van der Waals surface area contributed by atoms with Crippen molar-refractivity contribution in [1.29, 1.82) is 0 Å². The number of carbonyl (C=O) groups is 2. The molecule has 0 saturated heterocycles. The van der Waals surface area contributed by atoms with Crippen LogP contribution in [0.3, 0.4) is 0 Å². The third-order valence-electron chi connectivity index (χ3n) is 4.94. The highest BCUT2D eigenvalue weighted by atomic mass is 32.2. The Hall–Kier alpha value is -3.53. The second-order valence-corrected chi connectivity index (χ2v) is 8.26. The SMILES string of the molecule is O=C(NC1CCSc2c(C(=O)Nc3ccc(F)c(F)c3)ccc(F)c21)OCc1ccccn1. The van der Waals surface area contributed by atoms with Gasteiger partial charge in [-0.2, -0.15) is 0 Å². The van der Waals surface area contributed by atoms with Gasteiger partial charge < -0.3 is 15.4 Å². The Bertz CT molecular complexity index is 1190. The molecule has 1 unspecified atom stereocenters. The van der Waals surface area contributed by atoms with Gasteiger partial charge in [-0.25, -0.2) is 18.0 Å². The van der Waals surface area contributed by atoms with Crippen molar-refractivity contribution in [1.82, 2.24) is 10.3 Å². The van der Waals surface area contributed by atoms with Crippen LogP contribution in [0.15, 0.2) is 59.6 Å². The van der Waals surface area contributed by atoms with Crippen LogP contribution in [0, 0.1) is 17.5 Å². The maximum atomic E-state index is 14.8. The molecule has 33 heavy (non-hydrogen) atoms. The van der Waals surface area contributed by atoms with E-state index in [1.54, 1.807) is 24.4 Å². The summed E-state index contributed by atoms with van der Waals surface area (Å²) >= 11 is 1.28. The lowest BCUT2D eigenvalue weighted by Crippen LogP contribution is -2.32. The fourth-order valence-corrected chi connectivity index (χ4v) is 4.65. The fourth-order valence-electron chi connectivity index (χ4n) is 3.38. The van der Waals surface area contributed by atoms with Gasteiger partial charge in [0.15, 0.2) is 11.6 Å². The summed E-state index contributed by atoms with van der Waals surface area (Å²) in [4.78, 5) is 29.5. The molecule has 4 rings (SSSR count). The number of nitrogens with zero attached hydrogens (tertiary/aromatic N) is 1. The molecule has 1 aromatic heterocycles. The number of amides is 2. The summed E-state index contributed by atoms with van der Waals surface area (Å²) in [6, 6.07) is 9.95. The Labute approximate surface area is 191 Å². The third kappa shape index (κ3) is 5.28. The standard InChI is InChI=1S/C23H18F3N3O3S/c24-16-6-4-13(11-18(16)26)28-22(30)15-5-7-17(25)20-19(8-10-33-21(15)20)29-23(31)32-12-14-3-1-2-9-27-14/h1-7,9,11,19H,8,10,12H2,(H,28,30)(H,29,31). The molecular weight excluding hydrogens is 455 g/mol. The van der Waals surface area contributed by atoms with Gasteiger partial charge in [-0.3, -0.25) is 9.78 Å². The average Bonchev–Trinajstić information content (AvgIpc) is 2.81. The zero-order valence-electron chi connectivity index (χ0n) is 17.1. The average molecular weight is 473 g/mol. The lowest BCUT2D eigenvalue weighted by Gasteiger charge is -2.27. The first kappa shape index (κ1) is 22.7. The summed E-state index contributed by atoms with van der Waals surface area (Å²) in [5.74, 6) is -2.80.